The Balaban J connectivity index is 2.09. The number of para-hydroxylation sites is 2. The van der Waals surface area contributed by atoms with Crippen LogP contribution >= 0.6 is 0 Å². The van der Waals surface area contributed by atoms with Crippen molar-refractivity contribution in [1.29, 1.82) is 0 Å². The maximum atomic E-state index is 12.0. The van der Waals surface area contributed by atoms with Crippen LogP contribution in [0.25, 0.3) is 0 Å². The molecule has 1 amide bonds. The van der Waals surface area contributed by atoms with E-state index in [-0.39, 0.29) is 5.91 Å². The van der Waals surface area contributed by atoms with E-state index < -0.39 is 0 Å². The van der Waals surface area contributed by atoms with E-state index in [1.54, 1.807) is 0 Å². The van der Waals surface area contributed by atoms with Crippen LogP contribution in [0.5, 0.6) is 0 Å². The van der Waals surface area contributed by atoms with Crippen LogP contribution in [-0.2, 0) is 4.79 Å². The number of hydrogen-bond donors (Lipinski definition) is 1. The number of rotatable bonds is 5. The molecule has 0 unspecified atom stereocenters. The Kier molecular flexibility index (Phi) is 4.20. The fraction of sp³-hybridized carbons (Fsp3) is 0.500. The fourth-order valence-corrected chi connectivity index (χ4v) is 2.29. The second kappa shape index (κ2) is 5.87. The molecule has 0 aliphatic carbocycles. The van der Waals surface area contributed by atoms with Gasteiger partial charge in [-0.1, -0.05) is 26.0 Å². The van der Waals surface area contributed by atoms with Crippen molar-refractivity contribution in [2.75, 3.05) is 42.9 Å². The molecule has 0 saturated heterocycles. The molecule has 0 aromatic heterocycles. The number of fused-ring (bicyclic) bond motifs is 1. The van der Waals surface area contributed by atoms with Gasteiger partial charge in [-0.15, -0.1) is 0 Å². The van der Waals surface area contributed by atoms with Gasteiger partial charge in [0.05, 0.1) is 17.9 Å². The average Bonchev–Trinajstić information content (AvgIpc) is 2.42. The van der Waals surface area contributed by atoms with Gasteiger partial charge in [0.1, 0.15) is 0 Å². The summed E-state index contributed by atoms with van der Waals surface area (Å²) < 4.78 is 0. The molecule has 1 aromatic rings. The number of nitrogens with zero attached hydrogens (tertiary/aromatic N) is 2. The molecule has 0 spiro atoms. The first kappa shape index (κ1) is 12.9. The molecule has 0 radical (unpaired) electrons. The summed E-state index contributed by atoms with van der Waals surface area (Å²) in [6.45, 7) is 8.44. The smallest absolute Gasteiger partial charge is 0.246 e. The SMILES string of the molecule is CCN(CC)CCN1C(=O)CNc2ccccc21. The maximum Gasteiger partial charge on any atom is 0.246 e. The standard InChI is InChI=1S/C14H21N3O/c1-3-16(4-2)9-10-17-13-8-6-5-7-12(13)15-11-14(17)18/h5-8,15H,3-4,9-11H2,1-2H3. The highest BCUT2D eigenvalue weighted by atomic mass is 16.2. The fourth-order valence-electron chi connectivity index (χ4n) is 2.29. The van der Waals surface area contributed by atoms with Crippen molar-refractivity contribution in [3.63, 3.8) is 0 Å². The number of carbonyl (C=O) groups excluding carboxylic acids is 1. The molecule has 1 heterocycles. The minimum Gasteiger partial charge on any atom is -0.374 e. The Bertz CT molecular complexity index is 415. The molecule has 4 nitrogen and oxygen atoms in total. The zero-order valence-corrected chi connectivity index (χ0v) is 11.1. The molecule has 18 heavy (non-hydrogen) atoms. The summed E-state index contributed by atoms with van der Waals surface area (Å²) in [5.74, 6) is 0.154. The van der Waals surface area contributed by atoms with Crippen LogP contribution < -0.4 is 10.2 Å². The summed E-state index contributed by atoms with van der Waals surface area (Å²) in [6, 6.07) is 7.99. The summed E-state index contributed by atoms with van der Waals surface area (Å²) >= 11 is 0. The third-order valence-corrected chi connectivity index (χ3v) is 3.46. The first-order valence-electron chi connectivity index (χ1n) is 6.61. The number of carbonyl (C=O) groups is 1. The van der Waals surface area contributed by atoms with E-state index in [4.69, 9.17) is 0 Å². The summed E-state index contributed by atoms with van der Waals surface area (Å²) in [7, 11) is 0. The lowest BCUT2D eigenvalue weighted by molar-refractivity contribution is -0.117. The predicted molar refractivity (Wildman–Crippen MR) is 75.1 cm³/mol. The zero-order chi connectivity index (χ0) is 13.0. The second-order valence-electron chi connectivity index (χ2n) is 4.44. The quantitative estimate of drug-likeness (QED) is 0.861. The van der Waals surface area contributed by atoms with Gasteiger partial charge in [-0.3, -0.25) is 4.79 Å². The number of hydrogen-bond acceptors (Lipinski definition) is 3. The van der Waals surface area contributed by atoms with E-state index in [0.29, 0.717) is 6.54 Å². The topological polar surface area (TPSA) is 35.6 Å². The highest BCUT2D eigenvalue weighted by Crippen LogP contribution is 2.28. The first-order chi connectivity index (χ1) is 8.76. The van der Waals surface area contributed by atoms with Gasteiger partial charge in [-0.05, 0) is 25.2 Å². The number of benzene rings is 1. The van der Waals surface area contributed by atoms with E-state index in [9.17, 15) is 4.79 Å². The van der Waals surface area contributed by atoms with E-state index in [1.165, 1.54) is 0 Å². The van der Waals surface area contributed by atoms with E-state index in [1.807, 2.05) is 29.2 Å². The highest BCUT2D eigenvalue weighted by molar-refractivity contribution is 6.02. The maximum absolute atomic E-state index is 12.0. The van der Waals surface area contributed by atoms with Crippen LogP contribution in [0.4, 0.5) is 11.4 Å². The minimum absolute atomic E-state index is 0.154. The van der Waals surface area contributed by atoms with Gasteiger partial charge in [-0.2, -0.15) is 0 Å². The minimum atomic E-state index is 0.154. The lowest BCUT2D eigenvalue weighted by Crippen LogP contribution is -2.44. The number of likely N-dealkylation sites (N-methyl/N-ethyl adjacent to an activating group) is 1. The Morgan fingerprint density at radius 2 is 2.00 bits per heavy atom. The molecule has 2 rings (SSSR count). The number of anilines is 2. The Labute approximate surface area is 109 Å². The summed E-state index contributed by atoms with van der Waals surface area (Å²) in [4.78, 5) is 16.2. The lowest BCUT2D eigenvalue weighted by atomic mass is 10.2. The lowest BCUT2D eigenvalue weighted by Gasteiger charge is -2.31. The van der Waals surface area contributed by atoms with Gasteiger partial charge in [0.25, 0.3) is 0 Å². The molecule has 0 saturated carbocycles. The Hall–Kier alpha value is -1.55. The second-order valence-corrected chi connectivity index (χ2v) is 4.44. The molecule has 1 aliphatic heterocycles. The van der Waals surface area contributed by atoms with Gasteiger partial charge in [-0.25, -0.2) is 0 Å². The van der Waals surface area contributed by atoms with E-state index >= 15 is 0 Å². The monoisotopic (exact) mass is 247 g/mol. The van der Waals surface area contributed by atoms with Crippen molar-refractivity contribution >= 4 is 17.3 Å². The molecule has 4 heteroatoms. The van der Waals surface area contributed by atoms with Crippen LogP contribution in [-0.4, -0.2) is 43.5 Å². The summed E-state index contributed by atoms with van der Waals surface area (Å²) in [5, 5.41) is 3.15. The molecular formula is C14H21N3O. The Morgan fingerprint density at radius 3 is 2.72 bits per heavy atom. The van der Waals surface area contributed by atoms with E-state index in [2.05, 4.69) is 24.1 Å². The summed E-state index contributed by atoms with van der Waals surface area (Å²) in [5.41, 5.74) is 2.05. The number of nitrogens with one attached hydrogen (secondary N) is 1. The van der Waals surface area contributed by atoms with Gasteiger partial charge < -0.3 is 15.1 Å². The van der Waals surface area contributed by atoms with Crippen molar-refractivity contribution in [3.05, 3.63) is 24.3 Å². The largest absolute Gasteiger partial charge is 0.374 e. The number of amides is 1. The normalized spacial score (nSPS) is 14.6. The zero-order valence-electron chi connectivity index (χ0n) is 11.1. The molecular weight excluding hydrogens is 226 g/mol. The van der Waals surface area contributed by atoms with Crippen molar-refractivity contribution in [3.8, 4) is 0 Å². The molecule has 1 aromatic carbocycles. The van der Waals surface area contributed by atoms with Crippen LogP contribution in [0.3, 0.4) is 0 Å². The van der Waals surface area contributed by atoms with Gasteiger partial charge in [0.15, 0.2) is 0 Å². The van der Waals surface area contributed by atoms with Crippen molar-refractivity contribution in [1.82, 2.24) is 4.90 Å². The van der Waals surface area contributed by atoms with Crippen molar-refractivity contribution < 1.29 is 4.79 Å². The third-order valence-electron chi connectivity index (χ3n) is 3.46. The molecule has 1 aliphatic rings. The van der Waals surface area contributed by atoms with Crippen LogP contribution in [0, 0.1) is 0 Å². The molecule has 0 bridgehead atoms. The Morgan fingerprint density at radius 1 is 1.28 bits per heavy atom. The van der Waals surface area contributed by atoms with Gasteiger partial charge in [0, 0.05) is 13.1 Å². The predicted octanol–water partition coefficient (Wildman–Crippen LogP) is 1.79. The highest BCUT2D eigenvalue weighted by Gasteiger charge is 2.23. The van der Waals surface area contributed by atoms with Gasteiger partial charge >= 0.3 is 0 Å². The average molecular weight is 247 g/mol. The van der Waals surface area contributed by atoms with Crippen LogP contribution in [0.2, 0.25) is 0 Å². The summed E-state index contributed by atoms with van der Waals surface area (Å²) in [6.07, 6.45) is 0. The van der Waals surface area contributed by atoms with Crippen molar-refractivity contribution in [2.45, 2.75) is 13.8 Å². The van der Waals surface area contributed by atoms with Crippen molar-refractivity contribution in [2.24, 2.45) is 0 Å². The molecule has 0 fully saturated rings. The van der Waals surface area contributed by atoms with Gasteiger partial charge in [0.2, 0.25) is 5.91 Å². The molecule has 0 atom stereocenters. The molecule has 98 valence electrons. The van der Waals surface area contributed by atoms with E-state index in [0.717, 1.165) is 37.6 Å². The first-order valence-corrected chi connectivity index (χ1v) is 6.61. The molecule has 1 N–H and O–H groups in total. The third kappa shape index (κ3) is 2.64. The van der Waals surface area contributed by atoms with Crippen LogP contribution in [0.15, 0.2) is 24.3 Å². The van der Waals surface area contributed by atoms with Crippen LogP contribution in [0.1, 0.15) is 13.8 Å².